The van der Waals surface area contributed by atoms with Crippen LogP contribution < -0.4 is 10.6 Å². The van der Waals surface area contributed by atoms with Crippen molar-refractivity contribution in [1.82, 2.24) is 30.4 Å². The van der Waals surface area contributed by atoms with Gasteiger partial charge < -0.3 is 35.6 Å². The Morgan fingerprint density at radius 1 is 0.957 bits per heavy atom. The molecular weight excluding hydrogens is 596 g/mol. The summed E-state index contributed by atoms with van der Waals surface area (Å²) in [6, 6.07) is 6.86. The van der Waals surface area contributed by atoms with Crippen LogP contribution in [0, 0.1) is 11.8 Å². The number of aliphatic hydroxyl groups is 2. The van der Waals surface area contributed by atoms with E-state index in [1.807, 2.05) is 44.2 Å². The van der Waals surface area contributed by atoms with Crippen molar-refractivity contribution in [2.75, 3.05) is 20.1 Å². The lowest BCUT2D eigenvalue weighted by Crippen LogP contribution is -2.59. The number of urea groups is 1. The molecule has 0 unspecified atom stereocenters. The zero-order valence-corrected chi connectivity index (χ0v) is 28.4. The first-order valence-electron chi connectivity index (χ1n) is 17.6. The van der Waals surface area contributed by atoms with Crippen LogP contribution in [0.5, 0.6) is 0 Å². The Hall–Kier alpha value is -3.44. The second-order valence-corrected chi connectivity index (χ2v) is 14.0. The largest absolute Gasteiger partial charge is 0.393 e. The van der Waals surface area contributed by atoms with Gasteiger partial charge in [0.15, 0.2) is 0 Å². The summed E-state index contributed by atoms with van der Waals surface area (Å²) >= 11 is 0. The Bertz CT molecular complexity index is 1230. The second kappa shape index (κ2) is 18.2. The standard InChI is InChI=1S/C36H56N6O5/c1-25(2)32(43)22-33(44)29(19-26-13-7-4-8-14-26)39-34(45)31(21-28-23-37-24-38-28)41(3)35(46)30(20-27-15-9-5-10-16-27)40-36(47)42-17-11-6-12-18-42/h5,9-10,15-16,23-26,29-33,43-44H,4,6-8,11-14,17-22H2,1-3H3,(H,37,38)(H,39,45)(H,40,47)/t29-,30-,31-,32-,33-/m0/s1. The fraction of sp³-hybridized carbons (Fsp3) is 0.667. The smallest absolute Gasteiger partial charge is 0.318 e. The third-order valence-electron chi connectivity index (χ3n) is 9.96. The second-order valence-electron chi connectivity index (χ2n) is 14.0. The summed E-state index contributed by atoms with van der Waals surface area (Å²) < 4.78 is 0. The van der Waals surface area contributed by atoms with Gasteiger partial charge in [-0.25, -0.2) is 9.78 Å². The zero-order valence-electron chi connectivity index (χ0n) is 28.4. The van der Waals surface area contributed by atoms with Gasteiger partial charge in [0, 0.05) is 51.3 Å². The molecule has 4 amide bonds. The van der Waals surface area contributed by atoms with Gasteiger partial charge in [0.05, 0.1) is 24.6 Å². The molecule has 0 radical (unpaired) electrons. The van der Waals surface area contributed by atoms with Gasteiger partial charge in [0.25, 0.3) is 0 Å². The van der Waals surface area contributed by atoms with Crippen LogP contribution in [0.4, 0.5) is 4.79 Å². The lowest BCUT2D eigenvalue weighted by Gasteiger charge is -2.35. The highest BCUT2D eigenvalue weighted by Crippen LogP contribution is 2.29. The van der Waals surface area contributed by atoms with Gasteiger partial charge in [-0.3, -0.25) is 9.59 Å². The zero-order chi connectivity index (χ0) is 33.8. The van der Waals surface area contributed by atoms with Crippen molar-refractivity contribution >= 4 is 17.8 Å². The van der Waals surface area contributed by atoms with Gasteiger partial charge in [-0.15, -0.1) is 0 Å². The number of amides is 4. The van der Waals surface area contributed by atoms with E-state index >= 15 is 0 Å². The maximum atomic E-state index is 14.3. The van der Waals surface area contributed by atoms with E-state index in [1.54, 1.807) is 18.1 Å². The highest BCUT2D eigenvalue weighted by Gasteiger charge is 2.36. The van der Waals surface area contributed by atoms with Crippen LogP contribution in [0.3, 0.4) is 0 Å². The van der Waals surface area contributed by atoms with Gasteiger partial charge in [-0.05, 0) is 43.1 Å². The Labute approximate surface area is 279 Å². The molecule has 1 aromatic heterocycles. The third kappa shape index (κ3) is 11.1. The van der Waals surface area contributed by atoms with Crippen LogP contribution in [-0.4, -0.2) is 98.3 Å². The molecule has 11 heteroatoms. The van der Waals surface area contributed by atoms with Gasteiger partial charge in [0.2, 0.25) is 11.8 Å². The average Bonchev–Trinajstić information content (AvgIpc) is 3.60. The molecule has 4 rings (SSSR count). The molecule has 260 valence electrons. The van der Waals surface area contributed by atoms with Crippen molar-refractivity contribution in [2.24, 2.45) is 11.8 Å². The van der Waals surface area contributed by atoms with E-state index in [4.69, 9.17) is 0 Å². The number of aliphatic hydroxyl groups excluding tert-OH is 2. The fourth-order valence-electron chi connectivity index (χ4n) is 6.85. The lowest BCUT2D eigenvalue weighted by molar-refractivity contribution is -0.141. The van der Waals surface area contributed by atoms with E-state index in [-0.39, 0.29) is 37.1 Å². The van der Waals surface area contributed by atoms with Crippen molar-refractivity contribution in [3.05, 3.63) is 54.1 Å². The van der Waals surface area contributed by atoms with Crippen molar-refractivity contribution in [3.63, 3.8) is 0 Å². The van der Waals surface area contributed by atoms with Crippen molar-refractivity contribution in [1.29, 1.82) is 0 Å². The van der Waals surface area contributed by atoms with Gasteiger partial charge >= 0.3 is 6.03 Å². The maximum Gasteiger partial charge on any atom is 0.318 e. The molecule has 0 bridgehead atoms. The minimum absolute atomic E-state index is 0.0331. The summed E-state index contributed by atoms with van der Waals surface area (Å²) in [6.45, 7) is 5.11. The van der Waals surface area contributed by atoms with E-state index in [0.29, 0.717) is 31.1 Å². The molecule has 5 N–H and O–H groups in total. The molecule has 1 aliphatic heterocycles. The van der Waals surface area contributed by atoms with Gasteiger partial charge in [0.1, 0.15) is 12.1 Å². The number of aromatic amines is 1. The number of imidazole rings is 1. The van der Waals surface area contributed by atoms with E-state index in [0.717, 1.165) is 50.5 Å². The first kappa shape index (κ1) is 36.4. The third-order valence-corrected chi connectivity index (χ3v) is 9.96. The number of nitrogens with zero attached hydrogens (tertiary/aromatic N) is 3. The number of rotatable bonds is 15. The summed E-state index contributed by atoms with van der Waals surface area (Å²) in [5.41, 5.74) is 1.58. The van der Waals surface area contributed by atoms with Crippen LogP contribution >= 0.6 is 0 Å². The summed E-state index contributed by atoms with van der Waals surface area (Å²) in [5.74, 6) is -0.437. The molecule has 1 aliphatic carbocycles. The Balaban J connectivity index is 1.57. The summed E-state index contributed by atoms with van der Waals surface area (Å²) in [7, 11) is 1.60. The molecule has 1 aromatic carbocycles. The minimum Gasteiger partial charge on any atom is -0.393 e. The summed E-state index contributed by atoms with van der Waals surface area (Å²) in [4.78, 5) is 52.2. The average molecular weight is 653 g/mol. The molecular formula is C36H56N6O5. The van der Waals surface area contributed by atoms with E-state index in [2.05, 4.69) is 20.6 Å². The molecule has 11 nitrogen and oxygen atoms in total. The Morgan fingerprint density at radius 2 is 1.64 bits per heavy atom. The molecule has 47 heavy (non-hydrogen) atoms. The maximum absolute atomic E-state index is 14.3. The fourth-order valence-corrected chi connectivity index (χ4v) is 6.85. The number of H-pyrrole nitrogens is 1. The van der Waals surface area contributed by atoms with Crippen LogP contribution in [0.15, 0.2) is 42.9 Å². The lowest BCUT2D eigenvalue weighted by atomic mass is 9.82. The predicted molar refractivity (Wildman–Crippen MR) is 181 cm³/mol. The molecule has 0 spiro atoms. The summed E-state index contributed by atoms with van der Waals surface area (Å²) in [6.07, 6.45) is 11.2. The molecule has 5 atom stereocenters. The molecule has 1 saturated heterocycles. The molecule has 2 aliphatic rings. The topological polar surface area (TPSA) is 151 Å². The van der Waals surface area contributed by atoms with Crippen LogP contribution in [0.25, 0.3) is 0 Å². The summed E-state index contributed by atoms with van der Waals surface area (Å²) in [5, 5.41) is 28.1. The SMILES string of the molecule is CC(C)[C@@H](O)C[C@H](O)[C@H](CC1CCCCC1)NC(=O)[C@H](Cc1cnc[nH]1)N(C)C(=O)[C@H](Cc1ccccc1)NC(=O)N1CCCCC1. The first-order chi connectivity index (χ1) is 22.6. The quantitative estimate of drug-likeness (QED) is 0.198. The number of likely N-dealkylation sites (tertiary alicyclic amines) is 1. The number of hydrogen-bond acceptors (Lipinski definition) is 6. The van der Waals surface area contributed by atoms with Gasteiger partial charge in [-0.2, -0.15) is 0 Å². The normalized spacial score (nSPS) is 19.0. The number of aromatic nitrogens is 2. The Kier molecular flexibility index (Phi) is 14.1. The molecule has 2 aromatic rings. The first-order valence-corrected chi connectivity index (χ1v) is 17.6. The number of benzene rings is 1. The number of carbonyl (C=O) groups is 3. The molecule has 2 heterocycles. The van der Waals surface area contributed by atoms with Crippen molar-refractivity contribution in [2.45, 2.75) is 121 Å². The highest BCUT2D eigenvalue weighted by atomic mass is 16.3. The number of likely N-dealkylation sites (N-methyl/N-ethyl adjacent to an activating group) is 1. The number of hydrogen-bond donors (Lipinski definition) is 5. The monoisotopic (exact) mass is 652 g/mol. The van der Waals surface area contributed by atoms with Crippen molar-refractivity contribution < 1.29 is 24.6 Å². The van der Waals surface area contributed by atoms with Gasteiger partial charge in [-0.1, -0.05) is 76.3 Å². The molecule has 1 saturated carbocycles. The van der Waals surface area contributed by atoms with Crippen LogP contribution in [0.2, 0.25) is 0 Å². The Morgan fingerprint density at radius 3 is 2.28 bits per heavy atom. The number of carbonyl (C=O) groups excluding carboxylic acids is 3. The minimum atomic E-state index is -0.943. The highest BCUT2D eigenvalue weighted by molar-refractivity contribution is 5.92. The predicted octanol–water partition coefficient (Wildman–Crippen LogP) is 3.81. The van der Waals surface area contributed by atoms with Crippen LogP contribution in [0.1, 0.15) is 89.3 Å². The van der Waals surface area contributed by atoms with E-state index < -0.39 is 36.2 Å². The van der Waals surface area contributed by atoms with E-state index in [1.165, 1.54) is 17.6 Å². The number of nitrogens with one attached hydrogen (secondary N) is 3. The number of piperidine rings is 1. The molecule has 2 fully saturated rings. The van der Waals surface area contributed by atoms with Crippen LogP contribution in [-0.2, 0) is 22.4 Å². The van der Waals surface area contributed by atoms with Crippen molar-refractivity contribution in [3.8, 4) is 0 Å². The van der Waals surface area contributed by atoms with E-state index in [9.17, 15) is 24.6 Å².